The molecule has 0 heterocycles. The molecule has 1 rings (SSSR count). The number of nitrogens with zero attached hydrogens (tertiary/aromatic N) is 1. The van der Waals surface area contributed by atoms with Crippen LogP contribution in [-0.2, 0) is 0 Å². The summed E-state index contributed by atoms with van der Waals surface area (Å²) < 4.78 is 5.42. The predicted octanol–water partition coefficient (Wildman–Crippen LogP) is 3.64. The molecule has 0 N–H and O–H groups in total. The van der Waals surface area contributed by atoms with Gasteiger partial charge in [0.2, 0.25) is 0 Å². The van der Waals surface area contributed by atoms with Gasteiger partial charge in [-0.05, 0) is 39.0 Å². The van der Waals surface area contributed by atoms with Crippen LogP contribution < -0.4 is 4.74 Å². The molecule has 0 saturated carbocycles. The number of hydrogen-bond donors (Lipinski definition) is 0. The van der Waals surface area contributed by atoms with Gasteiger partial charge in [0.1, 0.15) is 12.4 Å². The van der Waals surface area contributed by atoms with Gasteiger partial charge in [-0.25, -0.2) is 0 Å². The molecule has 0 aliphatic rings. The molecular formula is C14H14ClNO. The second-order valence-electron chi connectivity index (χ2n) is 4.60. The minimum atomic E-state index is -0.0299. The van der Waals surface area contributed by atoms with E-state index in [1.54, 1.807) is 18.2 Å². The summed E-state index contributed by atoms with van der Waals surface area (Å²) >= 11 is 5.95. The standard InChI is InChI=1S/C14H14ClNO/c1-14(2,3)7-4-8-17-13-6-5-11(10-16)9-12(13)15/h5-6,9H,8H2,1-3H3. The Morgan fingerprint density at radius 1 is 1.35 bits per heavy atom. The van der Waals surface area contributed by atoms with E-state index in [9.17, 15) is 0 Å². The van der Waals surface area contributed by atoms with Crippen molar-refractivity contribution in [2.75, 3.05) is 6.61 Å². The van der Waals surface area contributed by atoms with Gasteiger partial charge in [-0.2, -0.15) is 5.26 Å². The van der Waals surface area contributed by atoms with Crippen LogP contribution in [0.4, 0.5) is 0 Å². The molecule has 1 aromatic carbocycles. The van der Waals surface area contributed by atoms with Crippen molar-refractivity contribution >= 4 is 11.6 Å². The first-order valence-electron chi connectivity index (χ1n) is 5.25. The lowest BCUT2D eigenvalue weighted by Gasteiger charge is -2.08. The monoisotopic (exact) mass is 247 g/mol. The van der Waals surface area contributed by atoms with Crippen molar-refractivity contribution < 1.29 is 4.74 Å². The van der Waals surface area contributed by atoms with Gasteiger partial charge in [0.25, 0.3) is 0 Å². The van der Waals surface area contributed by atoms with E-state index in [-0.39, 0.29) is 5.41 Å². The van der Waals surface area contributed by atoms with Gasteiger partial charge < -0.3 is 4.74 Å². The number of rotatable bonds is 2. The Labute approximate surface area is 107 Å². The van der Waals surface area contributed by atoms with Crippen LogP contribution in [0.5, 0.6) is 5.75 Å². The Kier molecular flexibility index (Phi) is 4.44. The molecule has 0 atom stereocenters. The lowest BCUT2D eigenvalue weighted by Crippen LogP contribution is -2.01. The van der Waals surface area contributed by atoms with Crippen LogP contribution in [-0.4, -0.2) is 6.61 Å². The molecule has 0 amide bonds. The van der Waals surface area contributed by atoms with Gasteiger partial charge in [-0.3, -0.25) is 0 Å². The lowest BCUT2D eigenvalue weighted by atomic mass is 9.98. The molecule has 17 heavy (non-hydrogen) atoms. The Bertz CT molecular complexity index is 498. The summed E-state index contributed by atoms with van der Waals surface area (Å²) in [5.41, 5.74) is 0.487. The molecule has 0 unspecified atom stereocenters. The smallest absolute Gasteiger partial charge is 0.149 e. The molecule has 0 aromatic heterocycles. The summed E-state index contributed by atoms with van der Waals surface area (Å²) in [5, 5.41) is 9.12. The van der Waals surface area contributed by atoms with E-state index < -0.39 is 0 Å². The second-order valence-corrected chi connectivity index (χ2v) is 5.00. The number of ether oxygens (including phenoxy) is 1. The summed E-state index contributed by atoms with van der Waals surface area (Å²) in [6.07, 6.45) is 0. The zero-order valence-corrected chi connectivity index (χ0v) is 10.9. The average molecular weight is 248 g/mol. The van der Waals surface area contributed by atoms with Crippen molar-refractivity contribution in [2.24, 2.45) is 5.41 Å². The highest BCUT2D eigenvalue weighted by molar-refractivity contribution is 6.32. The highest BCUT2D eigenvalue weighted by Crippen LogP contribution is 2.24. The zero-order chi connectivity index (χ0) is 12.9. The van der Waals surface area contributed by atoms with Crippen LogP contribution >= 0.6 is 11.6 Å². The minimum Gasteiger partial charge on any atom is -0.479 e. The van der Waals surface area contributed by atoms with Crippen molar-refractivity contribution in [3.05, 3.63) is 28.8 Å². The third kappa shape index (κ3) is 4.81. The summed E-state index contributed by atoms with van der Waals surface area (Å²) in [6, 6.07) is 6.94. The second kappa shape index (κ2) is 5.62. The lowest BCUT2D eigenvalue weighted by molar-refractivity contribution is 0.369. The molecule has 0 spiro atoms. The van der Waals surface area contributed by atoms with Crippen LogP contribution in [0.3, 0.4) is 0 Å². The van der Waals surface area contributed by atoms with Gasteiger partial charge >= 0.3 is 0 Å². The molecule has 0 fully saturated rings. The highest BCUT2D eigenvalue weighted by atomic mass is 35.5. The fraction of sp³-hybridized carbons (Fsp3) is 0.357. The van der Waals surface area contributed by atoms with Crippen molar-refractivity contribution in [1.29, 1.82) is 5.26 Å². The third-order valence-electron chi connectivity index (χ3n) is 1.82. The van der Waals surface area contributed by atoms with E-state index in [0.717, 1.165) is 0 Å². The minimum absolute atomic E-state index is 0.0299. The zero-order valence-electron chi connectivity index (χ0n) is 10.2. The summed E-state index contributed by atoms with van der Waals surface area (Å²) in [4.78, 5) is 0. The molecule has 88 valence electrons. The molecule has 0 saturated heterocycles. The number of benzene rings is 1. The summed E-state index contributed by atoms with van der Waals surface area (Å²) in [5.74, 6) is 6.55. The first-order valence-corrected chi connectivity index (χ1v) is 5.62. The van der Waals surface area contributed by atoms with E-state index in [1.807, 2.05) is 26.8 Å². The van der Waals surface area contributed by atoms with Gasteiger partial charge in [0, 0.05) is 5.41 Å². The molecule has 2 nitrogen and oxygen atoms in total. The fourth-order valence-corrected chi connectivity index (χ4v) is 1.34. The Hall–Kier alpha value is -1.64. The van der Waals surface area contributed by atoms with E-state index in [0.29, 0.717) is 22.9 Å². The Morgan fingerprint density at radius 3 is 2.59 bits per heavy atom. The van der Waals surface area contributed by atoms with E-state index in [4.69, 9.17) is 21.6 Å². The maximum Gasteiger partial charge on any atom is 0.149 e. The van der Waals surface area contributed by atoms with E-state index in [2.05, 4.69) is 11.8 Å². The highest BCUT2D eigenvalue weighted by Gasteiger charge is 2.04. The third-order valence-corrected chi connectivity index (χ3v) is 2.12. The van der Waals surface area contributed by atoms with Crippen molar-refractivity contribution in [3.63, 3.8) is 0 Å². The molecule has 1 aromatic rings. The molecule has 0 aliphatic heterocycles. The SMILES string of the molecule is CC(C)(C)C#CCOc1ccc(C#N)cc1Cl. The molecule has 0 radical (unpaired) electrons. The Balaban J connectivity index is 2.64. The van der Waals surface area contributed by atoms with Gasteiger partial charge in [0.05, 0.1) is 16.7 Å². The van der Waals surface area contributed by atoms with Crippen LogP contribution in [0, 0.1) is 28.6 Å². The van der Waals surface area contributed by atoms with Gasteiger partial charge in [0.15, 0.2) is 0 Å². The van der Waals surface area contributed by atoms with Crippen LogP contribution in [0.25, 0.3) is 0 Å². The molecular weight excluding hydrogens is 234 g/mol. The summed E-state index contributed by atoms with van der Waals surface area (Å²) in [6.45, 7) is 6.40. The number of hydrogen-bond acceptors (Lipinski definition) is 2. The van der Waals surface area contributed by atoms with E-state index in [1.165, 1.54) is 0 Å². The number of halogens is 1. The molecule has 0 aliphatic carbocycles. The normalized spacial score (nSPS) is 10.1. The topological polar surface area (TPSA) is 33.0 Å². The maximum absolute atomic E-state index is 8.68. The molecule has 0 bridgehead atoms. The van der Waals surface area contributed by atoms with Gasteiger partial charge in [-0.15, -0.1) is 0 Å². The quantitative estimate of drug-likeness (QED) is 0.748. The van der Waals surface area contributed by atoms with Crippen LogP contribution in [0.1, 0.15) is 26.3 Å². The van der Waals surface area contributed by atoms with Crippen LogP contribution in [0.2, 0.25) is 5.02 Å². The van der Waals surface area contributed by atoms with Crippen LogP contribution in [0.15, 0.2) is 18.2 Å². The van der Waals surface area contributed by atoms with Gasteiger partial charge in [-0.1, -0.05) is 23.4 Å². The Morgan fingerprint density at radius 2 is 2.06 bits per heavy atom. The largest absolute Gasteiger partial charge is 0.479 e. The van der Waals surface area contributed by atoms with Crippen molar-refractivity contribution in [3.8, 4) is 23.7 Å². The first kappa shape index (κ1) is 13.4. The predicted molar refractivity (Wildman–Crippen MR) is 68.9 cm³/mol. The first-order chi connectivity index (χ1) is 7.92. The van der Waals surface area contributed by atoms with Crippen molar-refractivity contribution in [1.82, 2.24) is 0 Å². The number of nitriles is 1. The molecule has 3 heteroatoms. The fourth-order valence-electron chi connectivity index (χ4n) is 1.10. The maximum atomic E-state index is 8.68. The van der Waals surface area contributed by atoms with E-state index >= 15 is 0 Å². The average Bonchev–Trinajstić information content (AvgIpc) is 2.24. The van der Waals surface area contributed by atoms with Crippen molar-refractivity contribution in [2.45, 2.75) is 20.8 Å². The summed E-state index contributed by atoms with van der Waals surface area (Å²) in [7, 11) is 0.